The number of ether oxygens (including phenoxy) is 1. The van der Waals surface area contributed by atoms with E-state index in [2.05, 4.69) is 15.6 Å². The fraction of sp³-hybridized carbons (Fsp3) is 0.174. The standard InChI is InChI=1S/C23H23N3O3/c1-14-10-15(2)21(16(3)11-14)26-22(27)18-8-9-20(24-13-18)25-19-7-5-6-17(12-19)23(28)29-4/h5-13H,1-4H3,(H,24,25)(H,26,27). The monoisotopic (exact) mass is 389 g/mol. The molecule has 1 amide bonds. The Hall–Kier alpha value is -3.67. The zero-order valence-corrected chi connectivity index (χ0v) is 16.9. The number of nitrogens with zero attached hydrogens (tertiary/aromatic N) is 1. The Morgan fingerprint density at radius 3 is 2.28 bits per heavy atom. The van der Waals surface area contributed by atoms with Gasteiger partial charge in [0.05, 0.1) is 18.2 Å². The number of anilines is 3. The lowest BCUT2D eigenvalue weighted by Gasteiger charge is -2.13. The normalized spacial score (nSPS) is 10.3. The molecule has 0 radical (unpaired) electrons. The third-order valence-electron chi connectivity index (χ3n) is 4.50. The molecule has 0 saturated carbocycles. The van der Waals surface area contributed by atoms with Crippen LogP contribution >= 0.6 is 0 Å². The molecule has 2 aromatic carbocycles. The van der Waals surface area contributed by atoms with Crippen LogP contribution in [0, 0.1) is 20.8 Å². The van der Waals surface area contributed by atoms with Gasteiger partial charge < -0.3 is 15.4 Å². The summed E-state index contributed by atoms with van der Waals surface area (Å²) >= 11 is 0. The summed E-state index contributed by atoms with van der Waals surface area (Å²) in [4.78, 5) is 28.5. The Labute approximate surface area is 169 Å². The van der Waals surface area contributed by atoms with Crippen molar-refractivity contribution in [3.8, 4) is 0 Å². The minimum Gasteiger partial charge on any atom is -0.465 e. The summed E-state index contributed by atoms with van der Waals surface area (Å²) in [5.41, 5.74) is 5.62. The number of amides is 1. The molecule has 0 unspecified atom stereocenters. The summed E-state index contributed by atoms with van der Waals surface area (Å²) in [6, 6.07) is 14.4. The number of benzene rings is 2. The van der Waals surface area contributed by atoms with Gasteiger partial charge in [-0.1, -0.05) is 23.8 Å². The largest absolute Gasteiger partial charge is 0.465 e. The maximum atomic E-state index is 12.6. The highest BCUT2D eigenvalue weighted by molar-refractivity contribution is 6.05. The van der Waals surface area contributed by atoms with Crippen molar-refractivity contribution in [2.45, 2.75) is 20.8 Å². The van der Waals surface area contributed by atoms with E-state index < -0.39 is 5.97 Å². The first kappa shape index (κ1) is 20.1. The second-order valence-corrected chi connectivity index (χ2v) is 6.86. The predicted octanol–water partition coefficient (Wildman–Crippen LogP) is 4.79. The van der Waals surface area contributed by atoms with E-state index in [1.807, 2.05) is 39.0 Å². The highest BCUT2D eigenvalue weighted by Gasteiger charge is 2.11. The van der Waals surface area contributed by atoms with Gasteiger partial charge in [-0.25, -0.2) is 9.78 Å². The van der Waals surface area contributed by atoms with Crippen molar-refractivity contribution in [3.63, 3.8) is 0 Å². The van der Waals surface area contributed by atoms with Gasteiger partial charge in [-0.05, 0) is 62.2 Å². The van der Waals surface area contributed by atoms with Crippen LogP contribution in [-0.2, 0) is 4.74 Å². The molecule has 148 valence electrons. The van der Waals surface area contributed by atoms with Gasteiger partial charge in [-0.15, -0.1) is 0 Å². The van der Waals surface area contributed by atoms with Gasteiger partial charge in [0.15, 0.2) is 0 Å². The molecule has 6 heteroatoms. The molecule has 0 aliphatic carbocycles. The Morgan fingerprint density at radius 1 is 0.931 bits per heavy atom. The number of hydrogen-bond acceptors (Lipinski definition) is 5. The molecule has 6 nitrogen and oxygen atoms in total. The molecule has 1 heterocycles. The Morgan fingerprint density at radius 2 is 1.66 bits per heavy atom. The van der Waals surface area contributed by atoms with Crippen LogP contribution in [0.2, 0.25) is 0 Å². The molecule has 3 rings (SSSR count). The van der Waals surface area contributed by atoms with E-state index in [0.717, 1.165) is 22.4 Å². The van der Waals surface area contributed by atoms with Crippen LogP contribution in [0.4, 0.5) is 17.2 Å². The van der Waals surface area contributed by atoms with Crippen molar-refractivity contribution in [3.05, 3.63) is 82.5 Å². The van der Waals surface area contributed by atoms with E-state index in [-0.39, 0.29) is 5.91 Å². The average molecular weight is 389 g/mol. The number of esters is 1. The van der Waals surface area contributed by atoms with Crippen LogP contribution in [0.5, 0.6) is 0 Å². The van der Waals surface area contributed by atoms with Gasteiger partial charge in [0.25, 0.3) is 5.91 Å². The fourth-order valence-electron chi connectivity index (χ4n) is 3.15. The highest BCUT2D eigenvalue weighted by Crippen LogP contribution is 2.23. The van der Waals surface area contributed by atoms with Gasteiger partial charge in [-0.2, -0.15) is 0 Å². The van der Waals surface area contributed by atoms with E-state index in [1.165, 1.54) is 13.3 Å². The maximum absolute atomic E-state index is 12.6. The number of pyridine rings is 1. The van der Waals surface area contributed by atoms with Crippen molar-refractivity contribution in [2.24, 2.45) is 0 Å². The first-order chi connectivity index (χ1) is 13.9. The molecule has 0 aliphatic heterocycles. The molecular weight excluding hydrogens is 366 g/mol. The van der Waals surface area contributed by atoms with Crippen LogP contribution in [0.1, 0.15) is 37.4 Å². The van der Waals surface area contributed by atoms with Crippen LogP contribution in [-0.4, -0.2) is 24.0 Å². The molecule has 1 aromatic heterocycles. The Bertz CT molecular complexity index is 1040. The molecule has 0 bridgehead atoms. The fourth-order valence-corrected chi connectivity index (χ4v) is 3.15. The summed E-state index contributed by atoms with van der Waals surface area (Å²) < 4.78 is 4.73. The van der Waals surface area contributed by atoms with Crippen molar-refractivity contribution in [2.75, 3.05) is 17.7 Å². The lowest BCUT2D eigenvalue weighted by molar-refractivity contribution is 0.0600. The summed E-state index contributed by atoms with van der Waals surface area (Å²) in [5, 5.41) is 6.08. The summed E-state index contributed by atoms with van der Waals surface area (Å²) in [7, 11) is 1.34. The Kier molecular flexibility index (Phi) is 5.93. The van der Waals surface area contributed by atoms with E-state index in [9.17, 15) is 9.59 Å². The SMILES string of the molecule is COC(=O)c1cccc(Nc2ccc(C(=O)Nc3c(C)cc(C)cc3C)cn2)c1. The third kappa shape index (κ3) is 4.79. The third-order valence-corrected chi connectivity index (χ3v) is 4.50. The minimum absolute atomic E-state index is 0.216. The maximum Gasteiger partial charge on any atom is 0.337 e. The molecule has 2 N–H and O–H groups in total. The zero-order chi connectivity index (χ0) is 21.0. The van der Waals surface area contributed by atoms with Gasteiger partial charge >= 0.3 is 5.97 Å². The van der Waals surface area contributed by atoms with E-state index in [0.29, 0.717) is 22.6 Å². The number of aromatic nitrogens is 1. The number of carbonyl (C=O) groups excluding carboxylic acids is 2. The molecule has 0 spiro atoms. The second-order valence-electron chi connectivity index (χ2n) is 6.86. The molecule has 0 atom stereocenters. The van der Waals surface area contributed by atoms with Crippen LogP contribution in [0.15, 0.2) is 54.7 Å². The van der Waals surface area contributed by atoms with Crippen LogP contribution in [0.3, 0.4) is 0 Å². The first-order valence-electron chi connectivity index (χ1n) is 9.18. The number of hydrogen-bond donors (Lipinski definition) is 2. The first-order valence-corrected chi connectivity index (χ1v) is 9.18. The van der Waals surface area contributed by atoms with Crippen molar-refractivity contribution < 1.29 is 14.3 Å². The smallest absolute Gasteiger partial charge is 0.337 e. The van der Waals surface area contributed by atoms with E-state index in [4.69, 9.17) is 4.74 Å². The summed E-state index contributed by atoms with van der Waals surface area (Å²) in [6.07, 6.45) is 1.51. The number of aryl methyl sites for hydroxylation is 3. The zero-order valence-electron chi connectivity index (χ0n) is 16.9. The van der Waals surface area contributed by atoms with Gasteiger partial charge in [0, 0.05) is 17.6 Å². The number of methoxy groups -OCH3 is 1. The summed E-state index contributed by atoms with van der Waals surface area (Å²) in [6.45, 7) is 5.98. The molecular formula is C23H23N3O3. The van der Waals surface area contributed by atoms with Crippen LogP contribution in [0.25, 0.3) is 0 Å². The average Bonchev–Trinajstić information content (AvgIpc) is 2.70. The second kappa shape index (κ2) is 8.56. The quantitative estimate of drug-likeness (QED) is 0.613. The number of carbonyl (C=O) groups is 2. The van der Waals surface area contributed by atoms with Crippen molar-refractivity contribution >= 4 is 29.1 Å². The minimum atomic E-state index is -0.407. The highest BCUT2D eigenvalue weighted by atomic mass is 16.5. The lowest BCUT2D eigenvalue weighted by Crippen LogP contribution is -2.14. The molecule has 0 saturated heterocycles. The molecule has 0 aliphatic rings. The molecule has 0 fully saturated rings. The lowest BCUT2D eigenvalue weighted by atomic mass is 10.0. The van der Waals surface area contributed by atoms with Crippen molar-refractivity contribution in [1.82, 2.24) is 4.98 Å². The number of nitrogens with one attached hydrogen (secondary N) is 2. The van der Waals surface area contributed by atoms with E-state index >= 15 is 0 Å². The van der Waals surface area contributed by atoms with Gasteiger partial charge in [-0.3, -0.25) is 4.79 Å². The van der Waals surface area contributed by atoms with E-state index in [1.54, 1.807) is 30.3 Å². The van der Waals surface area contributed by atoms with Gasteiger partial charge in [0.2, 0.25) is 0 Å². The molecule has 29 heavy (non-hydrogen) atoms. The number of rotatable bonds is 5. The Balaban J connectivity index is 1.72. The topological polar surface area (TPSA) is 80.3 Å². The molecule has 3 aromatic rings. The van der Waals surface area contributed by atoms with Gasteiger partial charge in [0.1, 0.15) is 5.82 Å². The summed E-state index contributed by atoms with van der Waals surface area (Å²) in [5.74, 6) is -0.0617. The van der Waals surface area contributed by atoms with Crippen molar-refractivity contribution in [1.29, 1.82) is 0 Å². The van der Waals surface area contributed by atoms with Crippen LogP contribution < -0.4 is 10.6 Å². The predicted molar refractivity (Wildman–Crippen MR) is 114 cm³/mol.